The van der Waals surface area contributed by atoms with E-state index in [1.165, 1.54) is 12.1 Å². The predicted molar refractivity (Wildman–Crippen MR) is 111 cm³/mol. The van der Waals surface area contributed by atoms with Crippen molar-refractivity contribution in [2.45, 2.75) is 19.9 Å². The molecule has 0 bridgehead atoms. The maximum absolute atomic E-state index is 13.2. The van der Waals surface area contributed by atoms with Crippen LogP contribution in [-0.2, 0) is 0 Å². The minimum Gasteiger partial charge on any atom is -0.335 e. The largest absolute Gasteiger partial charge is 0.335 e. The first-order valence-corrected chi connectivity index (χ1v) is 10.1. The van der Waals surface area contributed by atoms with Gasteiger partial charge in [-0.15, -0.1) is 0 Å². The molecular weight excluding hydrogens is 409 g/mol. The number of piperazine rings is 1. The Hall–Kier alpha value is -3.00. The zero-order chi connectivity index (χ0) is 21.4. The Morgan fingerprint density at radius 2 is 1.70 bits per heavy atom. The predicted octanol–water partition coefficient (Wildman–Crippen LogP) is 3.40. The summed E-state index contributed by atoms with van der Waals surface area (Å²) >= 11 is 6.01. The summed E-state index contributed by atoms with van der Waals surface area (Å²) < 4.78 is 15.0. The van der Waals surface area contributed by atoms with Crippen LogP contribution in [0.25, 0.3) is 11.0 Å². The summed E-state index contributed by atoms with van der Waals surface area (Å²) in [4.78, 5) is 33.3. The van der Waals surface area contributed by atoms with Crippen LogP contribution in [0.3, 0.4) is 0 Å². The summed E-state index contributed by atoms with van der Waals surface area (Å²) in [7, 11) is 0. The molecule has 0 atom stereocenters. The van der Waals surface area contributed by atoms with Crippen molar-refractivity contribution in [1.82, 2.24) is 24.6 Å². The molecule has 4 rings (SSSR count). The zero-order valence-electron chi connectivity index (χ0n) is 16.7. The van der Waals surface area contributed by atoms with E-state index in [1.807, 2.05) is 18.5 Å². The Balaban J connectivity index is 1.44. The molecule has 9 heteroatoms. The highest BCUT2D eigenvalue weighted by atomic mass is 35.5. The van der Waals surface area contributed by atoms with E-state index in [-0.39, 0.29) is 28.4 Å². The third-order valence-electron chi connectivity index (χ3n) is 5.19. The van der Waals surface area contributed by atoms with Crippen LogP contribution in [0, 0.1) is 5.82 Å². The van der Waals surface area contributed by atoms with Gasteiger partial charge < -0.3 is 9.80 Å². The Morgan fingerprint density at radius 3 is 2.33 bits per heavy atom. The van der Waals surface area contributed by atoms with Gasteiger partial charge in [0.25, 0.3) is 11.8 Å². The second-order valence-electron chi connectivity index (χ2n) is 7.53. The Labute approximate surface area is 178 Å². The van der Waals surface area contributed by atoms with E-state index < -0.39 is 5.82 Å². The second kappa shape index (κ2) is 8.02. The van der Waals surface area contributed by atoms with Crippen LogP contribution in [-0.4, -0.2) is 62.6 Å². The van der Waals surface area contributed by atoms with Gasteiger partial charge in [-0.25, -0.2) is 14.1 Å². The van der Waals surface area contributed by atoms with Crippen molar-refractivity contribution in [3.05, 3.63) is 58.6 Å². The van der Waals surface area contributed by atoms with E-state index in [4.69, 9.17) is 11.6 Å². The third-order valence-corrected chi connectivity index (χ3v) is 5.50. The molecule has 0 N–H and O–H groups in total. The first-order chi connectivity index (χ1) is 14.3. The first kappa shape index (κ1) is 20.3. The number of carbonyl (C=O) groups is 2. The Morgan fingerprint density at radius 1 is 1.03 bits per heavy atom. The lowest BCUT2D eigenvalue weighted by atomic mass is 10.1. The smallest absolute Gasteiger partial charge is 0.255 e. The quantitative estimate of drug-likeness (QED) is 0.639. The van der Waals surface area contributed by atoms with Crippen LogP contribution in [0.5, 0.6) is 0 Å². The maximum atomic E-state index is 13.2. The molecule has 0 spiro atoms. The van der Waals surface area contributed by atoms with Crippen molar-refractivity contribution >= 4 is 34.4 Å². The number of aromatic nitrogens is 3. The van der Waals surface area contributed by atoms with E-state index >= 15 is 0 Å². The summed E-state index contributed by atoms with van der Waals surface area (Å²) in [5.41, 5.74) is 1.50. The van der Waals surface area contributed by atoms with Crippen LogP contribution in [0.4, 0.5) is 4.39 Å². The van der Waals surface area contributed by atoms with Gasteiger partial charge in [0.05, 0.1) is 22.3 Å². The minimum atomic E-state index is -0.489. The van der Waals surface area contributed by atoms with E-state index in [1.54, 1.807) is 28.3 Å². The molecule has 1 aliphatic heterocycles. The highest BCUT2D eigenvalue weighted by molar-refractivity contribution is 6.33. The Bertz CT molecular complexity index is 1120. The van der Waals surface area contributed by atoms with Crippen molar-refractivity contribution in [3.8, 4) is 0 Å². The lowest BCUT2D eigenvalue weighted by molar-refractivity contribution is 0.0535. The second-order valence-corrected chi connectivity index (χ2v) is 7.94. The average molecular weight is 430 g/mol. The standard InChI is InChI=1S/C21H21ClFN5O2/c1-13(2)28-19-14(12-25-28)9-15(11-24-19)20(29)26-5-7-27(8-6-26)21(30)17-4-3-16(23)10-18(17)22/h3-4,9-13H,5-8H2,1-2H3. The number of halogens is 2. The van der Waals surface area contributed by atoms with Gasteiger partial charge in [-0.3, -0.25) is 9.59 Å². The lowest BCUT2D eigenvalue weighted by Gasteiger charge is -2.35. The van der Waals surface area contributed by atoms with Gasteiger partial charge in [-0.2, -0.15) is 5.10 Å². The molecule has 1 aliphatic rings. The number of carbonyl (C=O) groups excluding carboxylic acids is 2. The highest BCUT2D eigenvalue weighted by Gasteiger charge is 2.27. The lowest BCUT2D eigenvalue weighted by Crippen LogP contribution is -2.50. The van der Waals surface area contributed by atoms with E-state index in [0.29, 0.717) is 31.7 Å². The summed E-state index contributed by atoms with van der Waals surface area (Å²) in [6.45, 7) is 5.58. The SMILES string of the molecule is CC(C)n1ncc2cc(C(=O)N3CCN(C(=O)c4ccc(F)cc4Cl)CC3)cnc21. The van der Waals surface area contributed by atoms with Crippen molar-refractivity contribution in [3.63, 3.8) is 0 Å². The monoisotopic (exact) mass is 429 g/mol. The van der Waals surface area contributed by atoms with Crippen LogP contribution in [0.2, 0.25) is 5.02 Å². The van der Waals surface area contributed by atoms with Crippen LogP contribution < -0.4 is 0 Å². The minimum absolute atomic E-state index is 0.0832. The van der Waals surface area contributed by atoms with Crippen molar-refractivity contribution in [2.75, 3.05) is 26.2 Å². The molecule has 3 aromatic rings. The number of benzene rings is 1. The van der Waals surface area contributed by atoms with Gasteiger partial charge in [0.1, 0.15) is 5.82 Å². The fourth-order valence-corrected chi connectivity index (χ4v) is 3.81. The average Bonchev–Trinajstić information content (AvgIpc) is 3.16. The molecule has 3 heterocycles. The normalized spacial score (nSPS) is 14.6. The highest BCUT2D eigenvalue weighted by Crippen LogP contribution is 2.21. The van der Waals surface area contributed by atoms with E-state index in [2.05, 4.69) is 10.1 Å². The number of pyridine rings is 1. The number of hydrogen-bond acceptors (Lipinski definition) is 4. The molecule has 2 amide bonds. The van der Waals surface area contributed by atoms with Gasteiger partial charge in [0.15, 0.2) is 5.65 Å². The number of fused-ring (bicyclic) bond motifs is 1. The van der Waals surface area contributed by atoms with Crippen LogP contribution >= 0.6 is 11.6 Å². The van der Waals surface area contributed by atoms with Gasteiger partial charge in [-0.1, -0.05) is 11.6 Å². The number of hydrogen-bond donors (Lipinski definition) is 0. The molecule has 1 fully saturated rings. The van der Waals surface area contributed by atoms with Crippen LogP contribution in [0.1, 0.15) is 40.6 Å². The van der Waals surface area contributed by atoms with Crippen LogP contribution in [0.15, 0.2) is 36.7 Å². The number of rotatable bonds is 3. The Kier molecular flexibility index (Phi) is 5.42. The molecule has 156 valence electrons. The molecule has 30 heavy (non-hydrogen) atoms. The molecule has 1 aromatic carbocycles. The van der Waals surface area contributed by atoms with E-state index in [0.717, 1.165) is 17.1 Å². The van der Waals surface area contributed by atoms with Crippen molar-refractivity contribution in [1.29, 1.82) is 0 Å². The molecule has 2 aromatic heterocycles. The fraction of sp³-hybridized carbons (Fsp3) is 0.333. The van der Waals surface area contributed by atoms with Gasteiger partial charge in [-0.05, 0) is 38.1 Å². The van der Waals surface area contributed by atoms with Crippen molar-refractivity contribution in [2.24, 2.45) is 0 Å². The fourth-order valence-electron chi connectivity index (χ4n) is 3.56. The third kappa shape index (κ3) is 3.75. The van der Waals surface area contributed by atoms with Gasteiger partial charge in [0.2, 0.25) is 0 Å². The van der Waals surface area contributed by atoms with Crippen molar-refractivity contribution < 1.29 is 14.0 Å². The summed E-state index contributed by atoms with van der Waals surface area (Å²) in [5, 5.41) is 5.23. The molecular formula is C21H21ClFN5O2. The molecule has 0 aliphatic carbocycles. The summed E-state index contributed by atoms with van der Waals surface area (Å²) in [6, 6.07) is 5.70. The number of amides is 2. The molecule has 0 saturated carbocycles. The molecule has 0 unspecified atom stereocenters. The topological polar surface area (TPSA) is 71.3 Å². The maximum Gasteiger partial charge on any atom is 0.255 e. The first-order valence-electron chi connectivity index (χ1n) is 9.72. The van der Waals surface area contributed by atoms with E-state index in [9.17, 15) is 14.0 Å². The molecule has 0 radical (unpaired) electrons. The summed E-state index contributed by atoms with van der Waals surface area (Å²) in [6.07, 6.45) is 3.28. The zero-order valence-corrected chi connectivity index (χ0v) is 17.4. The van der Waals surface area contributed by atoms with Gasteiger partial charge in [0, 0.05) is 43.8 Å². The molecule has 1 saturated heterocycles. The van der Waals surface area contributed by atoms with Gasteiger partial charge >= 0.3 is 0 Å². The number of nitrogens with zero attached hydrogens (tertiary/aromatic N) is 5. The summed E-state index contributed by atoms with van der Waals surface area (Å²) in [5.74, 6) is -0.888. The molecule has 7 nitrogen and oxygen atoms in total.